The number of nitrogens with two attached hydrogens (primary N) is 1. The van der Waals surface area contributed by atoms with Gasteiger partial charge >= 0.3 is 0 Å². The summed E-state index contributed by atoms with van der Waals surface area (Å²) in [5, 5.41) is 0. The summed E-state index contributed by atoms with van der Waals surface area (Å²) in [6.45, 7) is 0.761. The van der Waals surface area contributed by atoms with E-state index in [1.807, 2.05) is 0 Å². The first kappa shape index (κ1) is 17.9. The van der Waals surface area contributed by atoms with Gasteiger partial charge < -0.3 is 10.6 Å². The number of nitrogens with zero attached hydrogens (tertiary/aromatic N) is 1. The third-order valence-corrected chi connectivity index (χ3v) is 5.25. The van der Waals surface area contributed by atoms with Crippen molar-refractivity contribution >= 4 is 11.7 Å². The van der Waals surface area contributed by atoms with E-state index in [2.05, 4.69) is 0 Å². The molecule has 0 aromatic heterocycles. The normalized spacial score (nSPS) is 24.6. The number of benzene rings is 1. The highest BCUT2D eigenvalue weighted by atomic mass is 19.1. The molecule has 3 rings (SSSR count). The number of hydrogen-bond acceptors (Lipinski definition) is 3. The van der Waals surface area contributed by atoms with Crippen molar-refractivity contribution in [2.24, 2.45) is 17.6 Å². The standard InChI is InChI=1S/C18H21F3N2O2/c19-12-8-14(20)16(15(21)9-12)17(24)10-3-5-23(6-4-10)18(25)11-1-2-13(22)7-11/h8-11,13H,1-7,22H2. The van der Waals surface area contributed by atoms with E-state index in [1.165, 1.54) is 0 Å². The monoisotopic (exact) mass is 354 g/mol. The molecule has 0 spiro atoms. The van der Waals surface area contributed by atoms with Gasteiger partial charge in [-0.1, -0.05) is 0 Å². The molecular formula is C18H21F3N2O2. The quantitative estimate of drug-likeness (QED) is 0.849. The Kier molecular flexibility index (Phi) is 5.13. The average molecular weight is 354 g/mol. The Morgan fingerprint density at radius 2 is 1.56 bits per heavy atom. The molecule has 1 amide bonds. The molecule has 25 heavy (non-hydrogen) atoms. The Labute approximate surface area is 144 Å². The molecule has 2 N–H and O–H groups in total. The predicted octanol–water partition coefficient (Wildman–Crippen LogP) is 2.65. The molecule has 4 nitrogen and oxygen atoms in total. The third-order valence-electron chi connectivity index (χ3n) is 5.25. The summed E-state index contributed by atoms with van der Waals surface area (Å²) in [5.41, 5.74) is 5.16. The van der Waals surface area contributed by atoms with Crippen LogP contribution in [0, 0.1) is 29.3 Å². The van der Waals surface area contributed by atoms with E-state index in [1.54, 1.807) is 4.90 Å². The lowest BCUT2D eigenvalue weighted by Crippen LogP contribution is -2.43. The number of Topliss-reactive ketones (excluding diaryl/α,β-unsaturated/α-hetero) is 1. The number of likely N-dealkylation sites (tertiary alicyclic amines) is 1. The Hall–Kier alpha value is -1.89. The number of rotatable bonds is 3. The van der Waals surface area contributed by atoms with Crippen LogP contribution in [-0.4, -0.2) is 35.7 Å². The summed E-state index contributed by atoms with van der Waals surface area (Å²) in [5.74, 6) is -4.65. The van der Waals surface area contributed by atoms with Gasteiger partial charge in [0.2, 0.25) is 5.91 Å². The van der Waals surface area contributed by atoms with E-state index in [0.29, 0.717) is 44.5 Å². The van der Waals surface area contributed by atoms with E-state index in [9.17, 15) is 22.8 Å². The fourth-order valence-electron chi connectivity index (χ4n) is 3.84. The lowest BCUT2D eigenvalue weighted by molar-refractivity contribution is -0.136. The summed E-state index contributed by atoms with van der Waals surface area (Å²) in [7, 11) is 0. The lowest BCUT2D eigenvalue weighted by Gasteiger charge is -2.33. The van der Waals surface area contributed by atoms with Gasteiger partial charge in [-0.15, -0.1) is 0 Å². The number of piperidine rings is 1. The fourth-order valence-corrected chi connectivity index (χ4v) is 3.84. The summed E-state index contributed by atoms with van der Waals surface area (Å²) in [6.07, 6.45) is 3.00. The van der Waals surface area contributed by atoms with E-state index in [4.69, 9.17) is 5.73 Å². The second-order valence-corrected chi connectivity index (χ2v) is 6.98. The molecule has 0 radical (unpaired) electrons. The number of carbonyl (C=O) groups excluding carboxylic acids is 2. The largest absolute Gasteiger partial charge is 0.342 e. The molecule has 1 aliphatic carbocycles. The topological polar surface area (TPSA) is 63.4 Å². The van der Waals surface area contributed by atoms with Crippen LogP contribution in [0.1, 0.15) is 42.5 Å². The number of hydrogen-bond donors (Lipinski definition) is 1. The lowest BCUT2D eigenvalue weighted by atomic mass is 9.88. The van der Waals surface area contributed by atoms with Crippen molar-refractivity contribution in [2.45, 2.75) is 38.1 Å². The van der Waals surface area contributed by atoms with Crippen molar-refractivity contribution in [1.29, 1.82) is 0 Å². The van der Waals surface area contributed by atoms with Crippen molar-refractivity contribution < 1.29 is 22.8 Å². The first-order chi connectivity index (χ1) is 11.9. The van der Waals surface area contributed by atoms with Crippen molar-refractivity contribution in [2.75, 3.05) is 13.1 Å². The van der Waals surface area contributed by atoms with Gasteiger partial charge in [0.25, 0.3) is 0 Å². The molecule has 1 aromatic rings. The van der Waals surface area contributed by atoms with Gasteiger partial charge in [-0.25, -0.2) is 13.2 Å². The molecule has 136 valence electrons. The van der Waals surface area contributed by atoms with Crippen LogP contribution in [0.4, 0.5) is 13.2 Å². The third kappa shape index (κ3) is 3.71. The second kappa shape index (κ2) is 7.15. The van der Waals surface area contributed by atoms with E-state index < -0.39 is 34.7 Å². The summed E-state index contributed by atoms with van der Waals surface area (Å²) >= 11 is 0. The highest BCUT2D eigenvalue weighted by Gasteiger charge is 2.35. The summed E-state index contributed by atoms with van der Waals surface area (Å²) < 4.78 is 40.6. The SMILES string of the molecule is NC1CCC(C(=O)N2CCC(C(=O)c3c(F)cc(F)cc3F)CC2)C1. The molecule has 1 saturated carbocycles. The number of ketones is 1. The van der Waals surface area contributed by atoms with Crippen LogP contribution < -0.4 is 5.73 Å². The van der Waals surface area contributed by atoms with Gasteiger partial charge in [-0.3, -0.25) is 9.59 Å². The predicted molar refractivity (Wildman–Crippen MR) is 85.3 cm³/mol. The minimum Gasteiger partial charge on any atom is -0.342 e. The molecule has 2 atom stereocenters. The maximum atomic E-state index is 13.8. The molecule has 0 bridgehead atoms. The van der Waals surface area contributed by atoms with Crippen molar-refractivity contribution in [1.82, 2.24) is 4.90 Å². The second-order valence-electron chi connectivity index (χ2n) is 6.98. The maximum Gasteiger partial charge on any atom is 0.225 e. The van der Waals surface area contributed by atoms with Crippen LogP contribution >= 0.6 is 0 Å². The van der Waals surface area contributed by atoms with Crippen LogP contribution in [0.15, 0.2) is 12.1 Å². The molecule has 1 aliphatic heterocycles. The molecule has 1 saturated heterocycles. The highest BCUT2D eigenvalue weighted by Crippen LogP contribution is 2.30. The Balaban J connectivity index is 1.62. The Morgan fingerprint density at radius 1 is 0.960 bits per heavy atom. The van der Waals surface area contributed by atoms with Crippen molar-refractivity contribution in [3.8, 4) is 0 Å². The Bertz CT molecular complexity index is 664. The Morgan fingerprint density at radius 3 is 2.08 bits per heavy atom. The fraction of sp³-hybridized carbons (Fsp3) is 0.556. The molecule has 2 unspecified atom stereocenters. The van der Waals surface area contributed by atoms with Gasteiger partial charge in [-0.05, 0) is 32.1 Å². The first-order valence-corrected chi connectivity index (χ1v) is 8.60. The molecule has 2 fully saturated rings. The number of carbonyl (C=O) groups is 2. The van der Waals surface area contributed by atoms with Crippen molar-refractivity contribution in [3.05, 3.63) is 35.1 Å². The zero-order valence-corrected chi connectivity index (χ0v) is 13.8. The van der Waals surface area contributed by atoms with E-state index >= 15 is 0 Å². The molecule has 7 heteroatoms. The van der Waals surface area contributed by atoms with Crippen LogP contribution in [0.25, 0.3) is 0 Å². The molecule has 2 aliphatic rings. The summed E-state index contributed by atoms with van der Waals surface area (Å²) in [4.78, 5) is 26.6. The summed E-state index contributed by atoms with van der Waals surface area (Å²) in [6, 6.07) is 1.09. The van der Waals surface area contributed by atoms with Crippen molar-refractivity contribution in [3.63, 3.8) is 0 Å². The minimum atomic E-state index is -1.18. The van der Waals surface area contributed by atoms with Gasteiger partial charge in [0.1, 0.15) is 17.5 Å². The van der Waals surface area contributed by atoms with Gasteiger partial charge in [0.15, 0.2) is 5.78 Å². The number of amides is 1. The van der Waals surface area contributed by atoms with Crippen LogP contribution in [-0.2, 0) is 4.79 Å². The smallest absolute Gasteiger partial charge is 0.225 e. The zero-order valence-electron chi connectivity index (χ0n) is 13.8. The van der Waals surface area contributed by atoms with Crippen LogP contribution in [0.2, 0.25) is 0 Å². The molecule has 1 aromatic carbocycles. The highest BCUT2D eigenvalue weighted by molar-refractivity contribution is 5.98. The van der Waals surface area contributed by atoms with Crippen LogP contribution in [0.3, 0.4) is 0 Å². The number of halogens is 3. The average Bonchev–Trinajstić information content (AvgIpc) is 2.99. The van der Waals surface area contributed by atoms with E-state index in [0.717, 1.165) is 12.8 Å². The van der Waals surface area contributed by atoms with Gasteiger partial charge in [0.05, 0.1) is 5.56 Å². The zero-order chi connectivity index (χ0) is 18.1. The van der Waals surface area contributed by atoms with Gasteiger partial charge in [-0.2, -0.15) is 0 Å². The van der Waals surface area contributed by atoms with E-state index in [-0.39, 0.29) is 17.9 Å². The molecular weight excluding hydrogens is 333 g/mol. The molecule has 1 heterocycles. The first-order valence-electron chi connectivity index (χ1n) is 8.60. The maximum absolute atomic E-state index is 13.8. The van der Waals surface area contributed by atoms with Crippen LogP contribution in [0.5, 0.6) is 0 Å². The van der Waals surface area contributed by atoms with Gasteiger partial charge in [0, 0.05) is 43.1 Å². The minimum absolute atomic E-state index is 0.0537.